The van der Waals surface area contributed by atoms with E-state index in [2.05, 4.69) is 17.1 Å². The highest BCUT2D eigenvalue weighted by atomic mass is 16.5. The van der Waals surface area contributed by atoms with Gasteiger partial charge < -0.3 is 24.8 Å². The van der Waals surface area contributed by atoms with Gasteiger partial charge >= 0.3 is 0 Å². The number of morpholine rings is 1. The summed E-state index contributed by atoms with van der Waals surface area (Å²) in [4.78, 5) is 11.6. The van der Waals surface area contributed by atoms with Gasteiger partial charge in [-0.1, -0.05) is 31.9 Å². The van der Waals surface area contributed by atoms with Crippen LogP contribution in [0.15, 0.2) is 54.6 Å². The Morgan fingerprint density at radius 3 is 2.59 bits per heavy atom. The van der Waals surface area contributed by atoms with E-state index in [9.17, 15) is 5.11 Å². The van der Waals surface area contributed by atoms with Crippen LogP contribution in [0.25, 0.3) is 11.3 Å². The van der Waals surface area contributed by atoms with Gasteiger partial charge in [0.05, 0.1) is 25.5 Å². The number of benzene rings is 2. The van der Waals surface area contributed by atoms with Crippen LogP contribution in [0.4, 0.5) is 17.5 Å². The second-order valence-electron chi connectivity index (χ2n) is 7.79. The molecule has 0 spiro atoms. The number of nitrogens with zero attached hydrogens (tertiary/aromatic N) is 3. The van der Waals surface area contributed by atoms with Crippen molar-refractivity contribution in [2.75, 3.05) is 43.1 Å². The Balaban J connectivity index is 1.55. The number of phenolic OH excluding ortho intramolecular Hbond substituents is 1. The molecule has 0 atom stereocenters. The predicted octanol–water partition coefficient (Wildman–Crippen LogP) is 5.00. The fourth-order valence-electron chi connectivity index (χ4n) is 3.54. The summed E-state index contributed by atoms with van der Waals surface area (Å²) in [7, 11) is 0. The molecule has 2 heterocycles. The Morgan fingerprint density at radius 2 is 1.84 bits per heavy atom. The highest BCUT2D eigenvalue weighted by Crippen LogP contribution is 2.28. The van der Waals surface area contributed by atoms with Crippen LogP contribution >= 0.6 is 0 Å². The van der Waals surface area contributed by atoms with Crippen LogP contribution in [0.5, 0.6) is 11.5 Å². The van der Waals surface area contributed by atoms with Gasteiger partial charge in [-0.05, 0) is 42.8 Å². The lowest BCUT2D eigenvalue weighted by atomic mass is 10.1. The monoisotopic (exact) mass is 434 g/mol. The first-order valence-electron chi connectivity index (χ1n) is 11.2. The van der Waals surface area contributed by atoms with Crippen molar-refractivity contribution in [1.29, 1.82) is 0 Å². The van der Waals surface area contributed by atoms with Crippen molar-refractivity contribution in [2.45, 2.75) is 26.2 Å². The molecule has 168 valence electrons. The van der Waals surface area contributed by atoms with Crippen LogP contribution in [-0.2, 0) is 4.74 Å². The SMILES string of the molecule is CCCCCOc1ccc(Nc2cc(-c3cccc(O)c3)nc(N3CCOCC3)n2)cc1. The van der Waals surface area contributed by atoms with E-state index < -0.39 is 0 Å². The van der Waals surface area contributed by atoms with E-state index in [1.165, 1.54) is 12.8 Å². The minimum Gasteiger partial charge on any atom is -0.508 e. The number of aromatic hydroxyl groups is 1. The molecule has 1 saturated heterocycles. The van der Waals surface area contributed by atoms with E-state index >= 15 is 0 Å². The molecule has 7 nitrogen and oxygen atoms in total. The fourth-order valence-corrected chi connectivity index (χ4v) is 3.54. The Kier molecular flexibility index (Phi) is 7.40. The molecule has 0 unspecified atom stereocenters. The Labute approximate surface area is 189 Å². The molecule has 0 bridgehead atoms. The van der Waals surface area contributed by atoms with Gasteiger partial charge in [0.2, 0.25) is 5.95 Å². The molecule has 2 aromatic carbocycles. The maximum absolute atomic E-state index is 9.92. The Morgan fingerprint density at radius 1 is 1.03 bits per heavy atom. The summed E-state index contributed by atoms with van der Waals surface area (Å²) in [6, 6.07) is 16.9. The average molecular weight is 435 g/mol. The summed E-state index contributed by atoms with van der Waals surface area (Å²) in [5.74, 6) is 2.41. The number of phenols is 1. The van der Waals surface area contributed by atoms with Gasteiger partial charge in [-0.2, -0.15) is 4.98 Å². The minimum atomic E-state index is 0.207. The number of aromatic nitrogens is 2. The molecule has 4 rings (SSSR count). The number of unbranched alkanes of at least 4 members (excludes halogenated alkanes) is 2. The third-order valence-electron chi connectivity index (χ3n) is 5.29. The van der Waals surface area contributed by atoms with Crippen molar-refractivity contribution in [3.8, 4) is 22.8 Å². The summed E-state index contributed by atoms with van der Waals surface area (Å²) in [5, 5.41) is 13.3. The maximum Gasteiger partial charge on any atom is 0.228 e. The van der Waals surface area contributed by atoms with Crippen molar-refractivity contribution in [1.82, 2.24) is 9.97 Å². The second kappa shape index (κ2) is 10.8. The van der Waals surface area contributed by atoms with Crippen molar-refractivity contribution in [3.05, 3.63) is 54.6 Å². The Hall–Kier alpha value is -3.32. The molecule has 32 heavy (non-hydrogen) atoms. The van der Waals surface area contributed by atoms with E-state index in [0.717, 1.165) is 48.8 Å². The number of nitrogens with one attached hydrogen (secondary N) is 1. The largest absolute Gasteiger partial charge is 0.508 e. The zero-order valence-corrected chi connectivity index (χ0v) is 18.5. The fraction of sp³-hybridized carbons (Fsp3) is 0.360. The van der Waals surface area contributed by atoms with Crippen LogP contribution in [0.1, 0.15) is 26.2 Å². The van der Waals surface area contributed by atoms with Crippen molar-refractivity contribution < 1.29 is 14.6 Å². The topological polar surface area (TPSA) is 79.7 Å². The van der Waals surface area contributed by atoms with E-state index in [0.29, 0.717) is 25.0 Å². The van der Waals surface area contributed by atoms with Crippen molar-refractivity contribution >= 4 is 17.5 Å². The van der Waals surface area contributed by atoms with E-state index in [4.69, 9.17) is 19.4 Å². The van der Waals surface area contributed by atoms with Gasteiger partial charge in [0, 0.05) is 30.4 Å². The summed E-state index contributed by atoms with van der Waals surface area (Å²) < 4.78 is 11.3. The summed E-state index contributed by atoms with van der Waals surface area (Å²) >= 11 is 0. The molecule has 2 N–H and O–H groups in total. The quantitative estimate of drug-likeness (QED) is 0.459. The summed E-state index contributed by atoms with van der Waals surface area (Å²) in [6.07, 6.45) is 3.43. The van der Waals surface area contributed by atoms with Gasteiger partial charge in [-0.25, -0.2) is 4.98 Å². The first-order chi connectivity index (χ1) is 15.7. The predicted molar refractivity (Wildman–Crippen MR) is 127 cm³/mol. The summed E-state index contributed by atoms with van der Waals surface area (Å²) in [6.45, 7) is 5.72. The second-order valence-corrected chi connectivity index (χ2v) is 7.79. The molecule has 1 aliphatic rings. The van der Waals surface area contributed by atoms with Crippen molar-refractivity contribution in [3.63, 3.8) is 0 Å². The van der Waals surface area contributed by atoms with Gasteiger partial charge in [0.1, 0.15) is 17.3 Å². The number of ether oxygens (including phenoxy) is 2. The van der Waals surface area contributed by atoms with E-state index in [1.54, 1.807) is 12.1 Å². The smallest absolute Gasteiger partial charge is 0.228 e. The number of rotatable bonds is 9. The van der Waals surface area contributed by atoms with Gasteiger partial charge in [0.15, 0.2) is 0 Å². The number of anilines is 3. The molecule has 1 aliphatic heterocycles. The summed E-state index contributed by atoms with van der Waals surface area (Å²) in [5.41, 5.74) is 2.50. The molecular formula is C25H30N4O3. The van der Waals surface area contributed by atoms with Crippen LogP contribution in [-0.4, -0.2) is 48.0 Å². The minimum absolute atomic E-state index is 0.207. The molecule has 0 saturated carbocycles. The maximum atomic E-state index is 9.92. The van der Waals surface area contributed by atoms with Gasteiger partial charge in [-0.3, -0.25) is 0 Å². The number of hydrogen-bond donors (Lipinski definition) is 2. The molecule has 0 radical (unpaired) electrons. The molecule has 0 aliphatic carbocycles. The molecule has 1 aromatic heterocycles. The lowest BCUT2D eigenvalue weighted by molar-refractivity contribution is 0.122. The van der Waals surface area contributed by atoms with E-state index in [-0.39, 0.29) is 5.75 Å². The lowest BCUT2D eigenvalue weighted by Gasteiger charge is -2.27. The first kappa shape index (κ1) is 21.9. The molecule has 0 amide bonds. The highest BCUT2D eigenvalue weighted by molar-refractivity contribution is 5.68. The standard InChI is InChI=1S/C25H30N4O3/c1-2-3-4-14-32-22-10-8-20(9-11-22)26-24-18-23(19-6-5-7-21(30)17-19)27-25(28-24)29-12-15-31-16-13-29/h5-11,17-18,30H,2-4,12-16H2,1H3,(H,26,27,28). The van der Waals surface area contributed by atoms with Crippen LogP contribution in [0.2, 0.25) is 0 Å². The third-order valence-corrected chi connectivity index (χ3v) is 5.29. The molecule has 3 aromatic rings. The average Bonchev–Trinajstić information content (AvgIpc) is 2.83. The van der Waals surface area contributed by atoms with Gasteiger partial charge in [-0.15, -0.1) is 0 Å². The zero-order chi connectivity index (χ0) is 22.2. The molecule has 7 heteroatoms. The number of hydrogen-bond acceptors (Lipinski definition) is 7. The van der Waals surface area contributed by atoms with Crippen LogP contribution < -0.4 is 15.0 Å². The molecule has 1 fully saturated rings. The van der Waals surface area contributed by atoms with Gasteiger partial charge in [0.25, 0.3) is 0 Å². The third kappa shape index (κ3) is 5.88. The first-order valence-corrected chi connectivity index (χ1v) is 11.2. The highest BCUT2D eigenvalue weighted by Gasteiger charge is 2.16. The Bertz CT molecular complexity index is 1000. The zero-order valence-electron chi connectivity index (χ0n) is 18.5. The van der Waals surface area contributed by atoms with Crippen molar-refractivity contribution in [2.24, 2.45) is 0 Å². The lowest BCUT2D eigenvalue weighted by Crippen LogP contribution is -2.37. The van der Waals surface area contributed by atoms with Crippen LogP contribution in [0, 0.1) is 0 Å². The van der Waals surface area contributed by atoms with Crippen LogP contribution in [0.3, 0.4) is 0 Å². The van der Waals surface area contributed by atoms with E-state index in [1.807, 2.05) is 42.5 Å². The molecular weight excluding hydrogens is 404 g/mol. The normalized spacial score (nSPS) is 13.7.